The number of pyridine rings is 1. The van der Waals surface area contributed by atoms with E-state index in [0.29, 0.717) is 12.5 Å². The summed E-state index contributed by atoms with van der Waals surface area (Å²) >= 11 is 0. The summed E-state index contributed by atoms with van der Waals surface area (Å²) in [5.41, 5.74) is 3.69. The summed E-state index contributed by atoms with van der Waals surface area (Å²) in [5.74, 6) is -4.15. The van der Waals surface area contributed by atoms with Crippen LogP contribution in [0.1, 0.15) is 19.4 Å². The van der Waals surface area contributed by atoms with Gasteiger partial charge in [-0.05, 0) is 29.7 Å². The van der Waals surface area contributed by atoms with Gasteiger partial charge in [0.25, 0.3) is 0 Å². The van der Waals surface area contributed by atoms with Crippen LogP contribution >= 0.6 is 0 Å². The number of carboxylic acid groups (broad SMARTS) is 2. The lowest BCUT2D eigenvalue weighted by atomic mass is 10.2. The van der Waals surface area contributed by atoms with Gasteiger partial charge >= 0.3 is 24.3 Å². The summed E-state index contributed by atoms with van der Waals surface area (Å²) in [6.07, 6.45) is -6.62. The van der Waals surface area contributed by atoms with Crippen molar-refractivity contribution in [2.24, 2.45) is 5.92 Å². The number of anilines is 1. The number of nitrogens with zero attached hydrogens (tertiary/aromatic N) is 5. The Bertz CT molecular complexity index is 1400. The van der Waals surface area contributed by atoms with E-state index in [4.69, 9.17) is 24.9 Å². The summed E-state index contributed by atoms with van der Waals surface area (Å²) < 4.78 is 65.4. The van der Waals surface area contributed by atoms with Gasteiger partial charge in [-0.1, -0.05) is 44.2 Å². The predicted molar refractivity (Wildman–Crippen MR) is 135 cm³/mol. The third-order valence-electron chi connectivity index (χ3n) is 4.79. The van der Waals surface area contributed by atoms with E-state index < -0.39 is 24.3 Å². The highest BCUT2D eigenvalue weighted by atomic mass is 19.4. The van der Waals surface area contributed by atoms with Crippen molar-refractivity contribution in [3.05, 3.63) is 66.5 Å². The summed E-state index contributed by atoms with van der Waals surface area (Å²) in [4.78, 5) is 22.0. The van der Waals surface area contributed by atoms with E-state index in [0.717, 1.165) is 34.7 Å². The Morgan fingerprint density at radius 2 is 1.51 bits per heavy atom. The first-order chi connectivity index (χ1) is 19.1. The van der Waals surface area contributed by atoms with E-state index >= 15 is 0 Å². The molecule has 0 aliphatic heterocycles. The van der Waals surface area contributed by atoms with Crippen LogP contribution in [0.25, 0.3) is 22.3 Å². The van der Waals surface area contributed by atoms with Crippen LogP contribution in [0.2, 0.25) is 0 Å². The lowest BCUT2D eigenvalue weighted by Crippen LogP contribution is -2.21. The lowest BCUT2D eigenvalue weighted by molar-refractivity contribution is -0.193. The van der Waals surface area contributed by atoms with Gasteiger partial charge in [0.05, 0.1) is 17.6 Å². The van der Waals surface area contributed by atoms with Crippen molar-refractivity contribution in [3.8, 4) is 11.3 Å². The van der Waals surface area contributed by atoms with Gasteiger partial charge in [0.1, 0.15) is 0 Å². The number of fused-ring (bicyclic) bond motifs is 1. The summed E-state index contributed by atoms with van der Waals surface area (Å²) in [6, 6.07) is 16.2. The molecule has 220 valence electrons. The molecule has 41 heavy (non-hydrogen) atoms. The van der Waals surface area contributed by atoms with Crippen molar-refractivity contribution in [2.75, 3.05) is 11.9 Å². The van der Waals surface area contributed by atoms with E-state index in [1.807, 2.05) is 41.1 Å². The smallest absolute Gasteiger partial charge is 0.475 e. The summed E-state index contributed by atoms with van der Waals surface area (Å²) in [5, 5.41) is 32.4. The molecule has 10 nitrogen and oxygen atoms in total. The van der Waals surface area contributed by atoms with Gasteiger partial charge in [-0.2, -0.15) is 31.4 Å². The van der Waals surface area contributed by atoms with E-state index in [1.165, 1.54) is 5.56 Å². The molecule has 0 fully saturated rings. The van der Waals surface area contributed by atoms with Crippen molar-refractivity contribution in [2.45, 2.75) is 32.7 Å². The molecule has 0 atom stereocenters. The third kappa shape index (κ3) is 10.4. The molecule has 3 N–H and O–H groups in total. The number of alkyl halides is 6. The van der Waals surface area contributed by atoms with Crippen LogP contribution in [0.4, 0.5) is 32.2 Å². The Morgan fingerprint density at radius 1 is 0.927 bits per heavy atom. The first kappa shape index (κ1) is 32.5. The highest BCUT2D eigenvalue weighted by molar-refractivity contribution is 5.89. The molecular weight excluding hydrogens is 562 g/mol. The van der Waals surface area contributed by atoms with Gasteiger partial charge in [0.2, 0.25) is 0 Å². The fourth-order valence-electron chi connectivity index (χ4n) is 2.93. The number of hydrogen-bond donors (Lipinski definition) is 3. The number of carboxylic acids is 2. The van der Waals surface area contributed by atoms with Crippen molar-refractivity contribution in [1.29, 1.82) is 0 Å². The SMILES string of the molecule is CC(C)CNc1nn(Cc2ccccc2)c2nnc(-c3cccnc3)cc12.O=C(O)C(F)(F)F.O=C(O)C(F)(F)F. The zero-order chi connectivity index (χ0) is 30.8. The fourth-order valence-corrected chi connectivity index (χ4v) is 2.93. The molecule has 3 aromatic heterocycles. The molecule has 4 aromatic rings. The number of halogens is 6. The molecule has 0 aliphatic carbocycles. The third-order valence-corrected chi connectivity index (χ3v) is 4.79. The minimum Gasteiger partial charge on any atom is -0.475 e. The van der Waals surface area contributed by atoms with E-state index in [9.17, 15) is 26.3 Å². The monoisotopic (exact) mass is 586 g/mol. The number of benzene rings is 1. The molecule has 0 amide bonds. The second-order valence-electron chi connectivity index (χ2n) is 8.58. The normalized spacial score (nSPS) is 11.2. The predicted octanol–water partition coefficient (Wildman–Crippen LogP) is 5.27. The minimum absolute atomic E-state index is 0.520. The van der Waals surface area contributed by atoms with Gasteiger partial charge in [0, 0.05) is 24.5 Å². The zero-order valence-corrected chi connectivity index (χ0v) is 21.5. The summed E-state index contributed by atoms with van der Waals surface area (Å²) in [7, 11) is 0. The molecule has 4 rings (SSSR count). The van der Waals surface area contributed by atoms with Crippen LogP contribution in [-0.2, 0) is 16.1 Å². The molecule has 16 heteroatoms. The fraction of sp³-hybridized carbons (Fsp3) is 0.280. The number of aromatic nitrogens is 5. The van der Waals surface area contributed by atoms with Gasteiger partial charge in [-0.15, -0.1) is 10.2 Å². The molecule has 0 saturated carbocycles. The average molecular weight is 586 g/mol. The highest BCUT2D eigenvalue weighted by Gasteiger charge is 2.38. The van der Waals surface area contributed by atoms with Gasteiger partial charge in [-0.25, -0.2) is 14.3 Å². The molecule has 0 bridgehead atoms. The second kappa shape index (κ2) is 14.0. The van der Waals surface area contributed by atoms with Crippen LogP contribution in [-0.4, -0.2) is 66.0 Å². The topological polar surface area (TPSA) is 143 Å². The molecule has 1 aromatic carbocycles. The molecule has 0 unspecified atom stereocenters. The Morgan fingerprint density at radius 3 is 2.00 bits per heavy atom. The lowest BCUT2D eigenvalue weighted by Gasteiger charge is -2.06. The first-order valence-corrected chi connectivity index (χ1v) is 11.6. The number of rotatable bonds is 6. The highest BCUT2D eigenvalue weighted by Crippen LogP contribution is 2.26. The largest absolute Gasteiger partial charge is 0.490 e. The standard InChI is InChI=1S/C21H22N6.2C2HF3O2/c1-15(2)12-23-20-18-11-19(17-9-6-10-22-13-17)24-25-21(18)27(26-20)14-16-7-4-3-5-8-16;2*3-2(4,5)1(6)7/h3-11,13,15H,12,14H2,1-2H3,(H,23,26);2*(H,6,7). The molecule has 0 aliphatic rings. The van der Waals surface area contributed by atoms with Crippen molar-refractivity contribution in [3.63, 3.8) is 0 Å². The van der Waals surface area contributed by atoms with Crippen molar-refractivity contribution in [1.82, 2.24) is 25.0 Å². The van der Waals surface area contributed by atoms with E-state index in [1.54, 1.807) is 12.4 Å². The number of carbonyl (C=O) groups is 2. The summed E-state index contributed by atoms with van der Waals surface area (Å²) in [6.45, 7) is 5.86. The minimum atomic E-state index is -5.08. The molecule has 3 heterocycles. The Kier molecular flexibility index (Phi) is 11.1. The average Bonchev–Trinajstić information content (AvgIpc) is 3.24. The van der Waals surface area contributed by atoms with Crippen LogP contribution in [0.15, 0.2) is 60.9 Å². The van der Waals surface area contributed by atoms with Crippen molar-refractivity contribution >= 4 is 28.8 Å². The van der Waals surface area contributed by atoms with Gasteiger partial charge in [-0.3, -0.25) is 4.98 Å². The Balaban J connectivity index is 0.000000349. The van der Waals surface area contributed by atoms with E-state index in [2.05, 4.69) is 46.5 Å². The van der Waals surface area contributed by atoms with Gasteiger partial charge in [0.15, 0.2) is 11.5 Å². The number of hydrogen-bond acceptors (Lipinski definition) is 7. The number of nitrogens with one attached hydrogen (secondary N) is 1. The molecular formula is C25H24F6N6O4. The van der Waals surface area contributed by atoms with Crippen LogP contribution in [0.3, 0.4) is 0 Å². The maximum atomic E-state index is 10.6. The van der Waals surface area contributed by atoms with Crippen LogP contribution < -0.4 is 5.32 Å². The molecule has 0 radical (unpaired) electrons. The number of aliphatic carboxylic acids is 2. The first-order valence-electron chi connectivity index (χ1n) is 11.6. The quantitative estimate of drug-likeness (QED) is 0.258. The maximum Gasteiger partial charge on any atom is 0.490 e. The Labute approximate surface area is 228 Å². The molecule has 0 spiro atoms. The van der Waals surface area contributed by atoms with Crippen molar-refractivity contribution < 1.29 is 46.1 Å². The Hall–Kier alpha value is -4.76. The van der Waals surface area contributed by atoms with Crippen LogP contribution in [0, 0.1) is 5.92 Å². The zero-order valence-electron chi connectivity index (χ0n) is 21.5. The van der Waals surface area contributed by atoms with Gasteiger partial charge < -0.3 is 15.5 Å². The second-order valence-corrected chi connectivity index (χ2v) is 8.58. The van der Waals surface area contributed by atoms with E-state index in [-0.39, 0.29) is 0 Å². The van der Waals surface area contributed by atoms with Crippen LogP contribution in [0.5, 0.6) is 0 Å². The maximum absolute atomic E-state index is 10.6. The molecule has 0 saturated heterocycles.